The molecule has 0 aromatic heterocycles. The van der Waals surface area contributed by atoms with Gasteiger partial charge in [0, 0.05) is 5.56 Å². The molecule has 4 nitrogen and oxygen atoms in total. The zero-order chi connectivity index (χ0) is 17.7. The summed E-state index contributed by atoms with van der Waals surface area (Å²) in [5.74, 6) is -0.359. The highest BCUT2D eigenvalue weighted by Gasteiger charge is 2.28. The number of carbonyl (C=O) groups excluding carboxylic acids is 2. The topological polar surface area (TPSA) is 46.6 Å². The summed E-state index contributed by atoms with van der Waals surface area (Å²) in [4.78, 5) is 26.5. The van der Waals surface area contributed by atoms with E-state index < -0.39 is 0 Å². The maximum absolute atomic E-state index is 12.3. The molecule has 0 aliphatic rings. The molecule has 0 spiro atoms. The summed E-state index contributed by atoms with van der Waals surface area (Å²) in [6, 6.07) is 13.0. The second-order valence-electron chi connectivity index (χ2n) is 6.39. The van der Waals surface area contributed by atoms with Crippen LogP contribution in [0.1, 0.15) is 30.6 Å². The number of Topliss-reactive ketones (excluding diaryl/α,β-unsaturated/α-hetero) is 1. The Labute approximate surface area is 143 Å². The fourth-order valence-electron chi connectivity index (χ4n) is 2.84. The van der Waals surface area contributed by atoms with E-state index in [0.29, 0.717) is 5.56 Å². The summed E-state index contributed by atoms with van der Waals surface area (Å²) in [7, 11) is 3.70. The van der Waals surface area contributed by atoms with Gasteiger partial charge in [0.25, 0.3) is 0 Å². The van der Waals surface area contributed by atoms with E-state index in [1.165, 1.54) is 0 Å². The monoisotopic (exact) mass is 327 g/mol. The Kier molecular flexibility index (Phi) is 6.10. The molecule has 0 amide bonds. The van der Waals surface area contributed by atoms with Crippen LogP contribution >= 0.6 is 0 Å². The number of hydrogen-bond acceptors (Lipinski definition) is 4. The average Bonchev–Trinajstić information content (AvgIpc) is 2.58. The van der Waals surface area contributed by atoms with Gasteiger partial charge in [0.2, 0.25) is 0 Å². The van der Waals surface area contributed by atoms with Gasteiger partial charge in [0.1, 0.15) is 6.04 Å². The van der Waals surface area contributed by atoms with Crippen molar-refractivity contribution >= 4 is 22.5 Å². The van der Waals surface area contributed by atoms with Crippen LogP contribution < -0.4 is 0 Å². The lowest BCUT2D eigenvalue weighted by Crippen LogP contribution is -2.42. The number of carbonyl (C=O) groups is 2. The molecular weight excluding hydrogens is 302 g/mol. The molecule has 0 saturated carbocycles. The molecule has 0 fully saturated rings. The second-order valence-corrected chi connectivity index (χ2v) is 6.39. The summed E-state index contributed by atoms with van der Waals surface area (Å²) in [5.41, 5.74) is 0.562. The van der Waals surface area contributed by atoms with Gasteiger partial charge < -0.3 is 4.74 Å². The first kappa shape index (κ1) is 18.1. The quantitative estimate of drug-likeness (QED) is 0.576. The Morgan fingerprint density at radius 3 is 2.38 bits per heavy atom. The Bertz CT molecular complexity index is 724. The first-order valence-corrected chi connectivity index (χ1v) is 8.29. The third kappa shape index (κ3) is 4.20. The third-order valence-corrected chi connectivity index (χ3v) is 4.40. The molecule has 0 saturated heterocycles. The molecule has 128 valence electrons. The molecule has 0 bridgehead atoms. The fraction of sp³-hybridized carbons (Fsp3) is 0.400. The molecular formula is C20H25NO3. The van der Waals surface area contributed by atoms with Crippen molar-refractivity contribution < 1.29 is 14.3 Å². The predicted octanol–water partition coefficient (Wildman–Crippen LogP) is 3.54. The highest BCUT2D eigenvalue weighted by Crippen LogP contribution is 2.17. The summed E-state index contributed by atoms with van der Waals surface area (Å²) in [6.07, 6.45) is 0.872. The first-order chi connectivity index (χ1) is 11.4. The van der Waals surface area contributed by atoms with Crippen molar-refractivity contribution in [1.82, 2.24) is 4.90 Å². The van der Waals surface area contributed by atoms with Crippen LogP contribution in [0.3, 0.4) is 0 Å². The van der Waals surface area contributed by atoms with Crippen molar-refractivity contribution in [2.75, 3.05) is 20.7 Å². The highest BCUT2D eigenvalue weighted by molar-refractivity contribution is 6.01. The Balaban J connectivity index is 2.04. The van der Waals surface area contributed by atoms with Gasteiger partial charge in [-0.05, 0) is 36.9 Å². The molecule has 0 N–H and O–H groups in total. The minimum absolute atomic E-state index is 0.170. The lowest BCUT2D eigenvalue weighted by Gasteiger charge is -2.27. The number of benzene rings is 2. The standard InChI is InChI=1S/C20H25NO3/c1-5-14(2)19(21(3)4)20(23)24-13-18(22)17-11-10-15-8-6-7-9-16(15)12-17/h6-12,14,19H,5,13H2,1-4H3/t14-,19-/m1/s1. The molecule has 2 atom stereocenters. The van der Waals surface area contributed by atoms with Crippen molar-refractivity contribution in [3.8, 4) is 0 Å². The van der Waals surface area contributed by atoms with E-state index in [-0.39, 0.29) is 30.3 Å². The van der Waals surface area contributed by atoms with Crippen LogP contribution in [-0.4, -0.2) is 43.4 Å². The number of fused-ring (bicyclic) bond motifs is 1. The van der Waals surface area contributed by atoms with Gasteiger partial charge in [-0.25, -0.2) is 0 Å². The zero-order valence-electron chi connectivity index (χ0n) is 14.8. The van der Waals surface area contributed by atoms with Gasteiger partial charge in [-0.3, -0.25) is 14.5 Å². The number of esters is 1. The molecule has 0 aliphatic heterocycles. The Morgan fingerprint density at radius 1 is 1.08 bits per heavy atom. The van der Waals surface area contributed by atoms with E-state index in [1.807, 2.05) is 69.2 Å². The van der Waals surface area contributed by atoms with E-state index in [1.54, 1.807) is 6.07 Å². The number of nitrogens with zero attached hydrogens (tertiary/aromatic N) is 1. The maximum Gasteiger partial charge on any atom is 0.324 e. The molecule has 0 aliphatic carbocycles. The molecule has 2 rings (SSSR count). The van der Waals surface area contributed by atoms with Crippen LogP contribution in [0.25, 0.3) is 10.8 Å². The first-order valence-electron chi connectivity index (χ1n) is 8.29. The van der Waals surface area contributed by atoms with Gasteiger partial charge >= 0.3 is 5.97 Å². The molecule has 0 unspecified atom stereocenters. The molecule has 0 radical (unpaired) electrons. The van der Waals surface area contributed by atoms with Crippen molar-refractivity contribution in [3.63, 3.8) is 0 Å². The lowest BCUT2D eigenvalue weighted by atomic mass is 9.98. The second kappa shape index (κ2) is 8.06. The van der Waals surface area contributed by atoms with Crippen molar-refractivity contribution in [3.05, 3.63) is 48.0 Å². The van der Waals surface area contributed by atoms with Gasteiger partial charge in [-0.2, -0.15) is 0 Å². The molecule has 2 aromatic carbocycles. The maximum atomic E-state index is 12.3. The van der Waals surface area contributed by atoms with Crippen LogP contribution in [0.2, 0.25) is 0 Å². The van der Waals surface area contributed by atoms with Crippen LogP contribution in [0, 0.1) is 5.92 Å². The third-order valence-electron chi connectivity index (χ3n) is 4.40. The van der Waals surface area contributed by atoms with E-state index in [0.717, 1.165) is 17.2 Å². The van der Waals surface area contributed by atoms with Gasteiger partial charge in [-0.1, -0.05) is 56.7 Å². The van der Waals surface area contributed by atoms with E-state index in [4.69, 9.17) is 4.74 Å². The minimum Gasteiger partial charge on any atom is -0.456 e. The van der Waals surface area contributed by atoms with Crippen molar-refractivity contribution in [2.45, 2.75) is 26.3 Å². The number of ketones is 1. The van der Waals surface area contributed by atoms with Crippen molar-refractivity contribution in [1.29, 1.82) is 0 Å². The van der Waals surface area contributed by atoms with Gasteiger partial charge in [-0.15, -0.1) is 0 Å². The van der Waals surface area contributed by atoms with E-state index >= 15 is 0 Å². The smallest absolute Gasteiger partial charge is 0.324 e. The zero-order valence-corrected chi connectivity index (χ0v) is 14.8. The summed E-state index contributed by atoms with van der Waals surface area (Å²) in [6.45, 7) is 3.82. The summed E-state index contributed by atoms with van der Waals surface area (Å²) < 4.78 is 5.29. The fourth-order valence-corrected chi connectivity index (χ4v) is 2.84. The molecule has 2 aromatic rings. The minimum atomic E-state index is -0.344. The van der Waals surface area contributed by atoms with E-state index in [2.05, 4.69) is 0 Å². The molecule has 0 heterocycles. The van der Waals surface area contributed by atoms with Gasteiger partial charge in [0.05, 0.1) is 0 Å². The van der Waals surface area contributed by atoms with Crippen LogP contribution in [-0.2, 0) is 9.53 Å². The largest absolute Gasteiger partial charge is 0.456 e. The number of rotatable bonds is 7. The van der Waals surface area contributed by atoms with Crippen molar-refractivity contribution in [2.24, 2.45) is 5.92 Å². The predicted molar refractivity (Wildman–Crippen MR) is 96.2 cm³/mol. The Morgan fingerprint density at radius 2 is 1.75 bits per heavy atom. The summed E-state index contributed by atoms with van der Waals surface area (Å²) >= 11 is 0. The average molecular weight is 327 g/mol. The lowest BCUT2D eigenvalue weighted by molar-refractivity contribution is -0.149. The van der Waals surface area contributed by atoms with Crippen LogP contribution in [0.5, 0.6) is 0 Å². The summed E-state index contributed by atoms with van der Waals surface area (Å²) in [5, 5.41) is 2.08. The SMILES string of the molecule is CC[C@@H](C)[C@H](C(=O)OCC(=O)c1ccc2ccccc2c1)N(C)C. The number of likely N-dealkylation sites (N-methyl/N-ethyl adjacent to an activating group) is 1. The van der Waals surface area contributed by atoms with E-state index in [9.17, 15) is 9.59 Å². The molecule has 24 heavy (non-hydrogen) atoms. The number of ether oxygens (including phenoxy) is 1. The normalized spacial score (nSPS) is 13.7. The Hall–Kier alpha value is -2.20. The van der Waals surface area contributed by atoms with Gasteiger partial charge in [0.15, 0.2) is 12.4 Å². The number of hydrogen-bond donors (Lipinski definition) is 0. The van der Waals surface area contributed by atoms with Crippen LogP contribution in [0.15, 0.2) is 42.5 Å². The molecule has 4 heteroatoms. The van der Waals surface area contributed by atoms with Crippen LogP contribution in [0.4, 0.5) is 0 Å². The highest BCUT2D eigenvalue weighted by atomic mass is 16.5.